The molecule has 0 atom stereocenters. The summed E-state index contributed by atoms with van der Waals surface area (Å²) in [5.41, 5.74) is -0.242. The Balaban J connectivity index is 2.31. The number of phenolic OH excluding ortho intramolecular Hbond substituents is 1. The lowest BCUT2D eigenvalue weighted by atomic mass is 10.3. The van der Waals surface area contributed by atoms with Crippen molar-refractivity contribution in [3.8, 4) is 11.5 Å². The summed E-state index contributed by atoms with van der Waals surface area (Å²) < 4.78 is 29.6. The fourth-order valence-corrected chi connectivity index (χ4v) is 2.60. The fourth-order valence-electron chi connectivity index (χ4n) is 1.59. The van der Waals surface area contributed by atoms with E-state index in [9.17, 15) is 18.3 Å². The second-order valence-electron chi connectivity index (χ2n) is 4.31. The Hall–Kier alpha value is -2.10. The molecule has 0 bridgehead atoms. The number of ether oxygens (including phenoxy) is 1. The highest BCUT2D eigenvalue weighted by molar-refractivity contribution is 7.92. The molecule has 0 fully saturated rings. The van der Waals surface area contributed by atoms with Crippen molar-refractivity contribution in [2.24, 2.45) is 0 Å². The van der Waals surface area contributed by atoms with Crippen LogP contribution in [0.3, 0.4) is 0 Å². The maximum Gasteiger partial charge on any atom is 0.349 e. The lowest BCUT2D eigenvalue weighted by Gasteiger charge is -2.09. The van der Waals surface area contributed by atoms with Crippen molar-refractivity contribution in [2.45, 2.75) is 0 Å². The van der Waals surface area contributed by atoms with Gasteiger partial charge in [0.15, 0.2) is 0 Å². The number of phenols is 1. The molecule has 8 nitrogen and oxygen atoms in total. The molecule has 11 heteroatoms. The van der Waals surface area contributed by atoms with Gasteiger partial charge in [0.2, 0.25) is 10.0 Å². The summed E-state index contributed by atoms with van der Waals surface area (Å²) in [5.74, 6) is -1.41. The van der Waals surface area contributed by atoms with Crippen molar-refractivity contribution in [3.05, 3.63) is 40.4 Å². The van der Waals surface area contributed by atoms with Gasteiger partial charge in [-0.2, -0.15) is 0 Å². The Labute approximate surface area is 141 Å². The number of benzene rings is 1. The lowest BCUT2D eigenvalue weighted by molar-refractivity contribution is 0.0734. The minimum absolute atomic E-state index is 0.0109. The highest BCUT2D eigenvalue weighted by Gasteiger charge is 2.20. The normalized spacial score (nSPS) is 11.1. The first-order valence-corrected chi connectivity index (χ1v) is 8.50. The van der Waals surface area contributed by atoms with Crippen molar-refractivity contribution in [3.63, 3.8) is 0 Å². The molecule has 1 aromatic carbocycles. The van der Waals surface area contributed by atoms with Gasteiger partial charge in [-0.3, -0.25) is 4.72 Å². The average molecular weight is 378 g/mol. The molecule has 0 aliphatic rings. The van der Waals surface area contributed by atoms with Gasteiger partial charge in [0.1, 0.15) is 33.7 Å². The first-order valence-electron chi connectivity index (χ1n) is 5.86. The van der Waals surface area contributed by atoms with Gasteiger partial charge in [-0.15, -0.1) is 0 Å². The number of carbonyl (C=O) groups is 1. The van der Waals surface area contributed by atoms with Crippen molar-refractivity contribution in [1.29, 1.82) is 0 Å². The molecular weight excluding hydrogens is 369 g/mol. The number of esters is 1. The summed E-state index contributed by atoms with van der Waals surface area (Å²) in [6.07, 6.45) is 2.01. The van der Waals surface area contributed by atoms with E-state index in [0.717, 1.165) is 24.7 Å². The summed E-state index contributed by atoms with van der Waals surface area (Å²) >= 11 is 11.5. The Morgan fingerprint density at radius 1 is 1.22 bits per heavy atom. The van der Waals surface area contributed by atoms with Crippen LogP contribution in [0.15, 0.2) is 24.5 Å². The Kier molecular flexibility index (Phi) is 4.93. The van der Waals surface area contributed by atoms with Crippen molar-refractivity contribution < 1.29 is 23.1 Å². The van der Waals surface area contributed by atoms with E-state index in [1.54, 1.807) is 0 Å². The van der Waals surface area contributed by atoms with E-state index in [1.165, 1.54) is 6.07 Å². The Morgan fingerprint density at radius 2 is 1.83 bits per heavy atom. The van der Waals surface area contributed by atoms with Crippen molar-refractivity contribution >= 4 is 44.9 Å². The number of hydrogen-bond acceptors (Lipinski definition) is 7. The summed E-state index contributed by atoms with van der Waals surface area (Å²) in [6, 6.07) is 3.45. The standard InChI is InChI=1S/C12H9Cl2N3O5S/c1-23(20,21)17-6-2-7(18)4-8(3-6)22-12(19)9-10(13)15-5-16-11(9)14/h2-5,17-18H,1H3. The van der Waals surface area contributed by atoms with E-state index in [2.05, 4.69) is 14.7 Å². The average Bonchev–Trinajstić information content (AvgIpc) is 2.35. The minimum atomic E-state index is -3.57. The second kappa shape index (κ2) is 6.57. The number of aromatic hydroxyl groups is 1. The van der Waals surface area contributed by atoms with Gasteiger partial charge in [-0.1, -0.05) is 23.2 Å². The molecule has 2 aromatic rings. The van der Waals surface area contributed by atoms with Crippen LogP contribution < -0.4 is 9.46 Å². The quantitative estimate of drug-likeness (QED) is 0.475. The van der Waals surface area contributed by atoms with E-state index in [1.807, 2.05) is 0 Å². The molecule has 0 aliphatic heterocycles. The van der Waals surface area contributed by atoms with E-state index < -0.39 is 16.0 Å². The topological polar surface area (TPSA) is 118 Å². The van der Waals surface area contributed by atoms with Gasteiger partial charge < -0.3 is 9.84 Å². The van der Waals surface area contributed by atoms with Gasteiger partial charge in [0.05, 0.1) is 11.9 Å². The summed E-state index contributed by atoms with van der Waals surface area (Å²) in [4.78, 5) is 19.3. The fraction of sp³-hybridized carbons (Fsp3) is 0.0833. The van der Waals surface area contributed by atoms with Crippen LogP contribution in [-0.4, -0.2) is 35.7 Å². The predicted molar refractivity (Wildman–Crippen MR) is 83.6 cm³/mol. The first-order chi connectivity index (χ1) is 10.7. The number of halogens is 2. The van der Waals surface area contributed by atoms with Crippen LogP contribution in [0, 0.1) is 0 Å². The lowest BCUT2D eigenvalue weighted by Crippen LogP contribution is -2.12. The van der Waals surface area contributed by atoms with Crippen LogP contribution >= 0.6 is 23.2 Å². The summed E-state index contributed by atoms with van der Waals surface area (Å²) in [7, 11) is -3.57. The van der Waals surface area contributed by atoms with Crippen LogP contribution in [0.2, 0.25) is 10.3 Å². The smallest absolute Gasteiger partial charge is 0.349 e. The predicted octanol–water partition coefficient (Wildman–Crippen LogP) is 2.08. The summed E-state index contributed by atoms with van der Waals surface area (Å²) in [6.45, 7) is 0. The van der Waals surface area contributed by atoms with Crippen molar-refractivity contribution in [2.75, 3.05) is 11.0 Å². The van der Waals surface area contributed by atoms with Crippen LogP contribution in [0.5, 0.6) is 11.5 Å². The number of anilines is 1. The molecule has 0 saturated heterocycles. The molecule has 0 spiro atoms. The van der Waals surface area contributed by atoms with Gasteiger partial charge in [0, 0.05) is 18.2 Å². The largest absolute Gasteiger partial charge is 0.508 e. The number of rotatable bonds is 4. The van der Waals surface area contributed by atoms with Gasteiger partial charge >= 0.3 is 5.97 Å². The van der Waals surface area contributed by atoms with Crippen molar-refractivity contribution in [1.82, 2.24) is 9.97 Å². The zero-order valence-electron chi connectivity index (χ0n) is 11.4. The molecule has 2 rings (SSSR count). The SMILES string of the molecule is CS(=O)(=O)Nc1cc(O)cc(OC(=O)c2c(Cl)ncnc2Cl)c1. The zero-order chi connectivity index (χ0) is 17.2. The van der Waals surface area contributed by atoms with E-state index in [4.69, 9.17) is 27.9 Å². The first kappa shape index (κ1) is 17.3. The number of hydrogen-bond donors (Lipinski definition) is 2. The number of aromatic nitrogens is 2. The monoisotopic (exact) mass is 377 g/mol. The van der Waals surface area contributed by atoms with Crippen LogP contribution in [0.25, 0.3) is 0 Å². The highest BCUT2D eigenvalue weighted by atomic mass is 35.5. The molecule has 0 unspecified atom stereocenters. The number of sulfonamides is 1. The molecule has 0 saturated carbocycles. The third-order valence-electron chi connectivity index (χ3n) is 2.36. The number of carbonyl (C=O) groups excluding carboxylic acids is 1. The molecule has 0 aliphatic carbocycles. The van der Waals surface area contributed by atoms with Gasteiger partial charge in [0.25, 0.3) is 0 Å². The maximum absolute atomic E-state index is 12.1. The molecule has 122 valence electrons. The van der Waals surface area contributed by atoms with E-state index in [0.29, 0.717) is 0 Å². The number of nitrogens with zero attached hydrogens (tertiary/aromatic N) is 2. The molecule has 0 radical (unpaired) electrons. The molecule has 1 aromatic heterocycles. The van der Waals surface area contributed by atoms with Crippen LogP contribution in [0.4, 0.5) is 5.69 Å². The molecule has 0 amide bonds. The molecular formula is C12H9Cl2N3O5S. The van der Waals surface area contributed by atoms with E-state index in [-0.39, 0.29) is 33.1 Å². The highest BCUT2D eigenvalue weighted by Crippen LogP contribution is 2.28. The molecule has 23 heavy (non-hydrogen) atoms. The Bertz CT molecular complexity index is 853. The second-order valence-corrected chi connectivity index (χ2v) is 6.77. The number of nitrogens with one attached hydrogen (secondary N) is 1. The summed E-state index contributed by atoms with van der Waals surface area (Å²) in [5, 5.41) is 9.17. The zero-order valence-corrected chi connectivity index (χ0v) is 13.8. The van der Waals surface area contributed by atoms with Gasteiger partial charge in [-0.05, 0) is 0 Å². The van der Waals surface area contributed by atoms with E-state index >= 15 is 0 Å². The van der Waals surface area contributed by atoms with Crippen LogP contribution in [0.1, 0.15) is 10.4 Å². The third kappa shape index (κ3) is 4.68. The van der Waals surface area contributed by atoms with Crippen LogP contribution in [-0.2, 0) is 10.0 Å². The minimum Gasteiger partial charge on any atom is -0.508 e. The molecule has 2 N–H and O–H groups in total. The third-order valence-corrected chi connectivity index (χ3v) is 3.54. The Morgan fingerprint density at radius 3 is 2.39 bits per heavy atom. The van der Waals surface area contributed by atoms with Gasteiger partial charge in [-0.25, -0.2) is 23.2 Å². The maximum atomic E-state index is 12.1. The molecule has 1 heterocycles.